The molecule has 0 aromatic rings. The number of allylic oxidation sites excluding steroid dienone is 28. The lowest BCUT2D eigenvalue weighted by atomic mass is 10.0. The third-order valence-corrected chi connectivity index (χ3v) is 16.7. The molecule has 0 aliphatic rings. The van der Waals surface area contributed by atoms with Crippen molar-refractivity contribution in [2.24, 2.45) is 0 Å². The molecule has 0 fully saturated rings. The largest absolute Gasteiger partial charge is 0.756 e. The molecule has 0 bridgehead atoms. The van der Waals surface area contributed by atoms with E-state index in [0.29, 0.717) is 23.9 Å². The number of likely N-dealkylation sites (N-methyl/N-ethyl adjacent to an activating group) is 1. The molecule has 0 aliphatic heterocycles. The highest BCUT2D eigenvalue weighted by Gasteiger charge is 2.22. The number of ether oxygens (including phenoxy) is 2. The number of carbonyl (C=O) groups is 2. The molecule has 0 aliphatic carbocycles. The van der Waals surface area contributed by atoms with Crippen molar-refractivity contribution in [2.45, 2.75) is 302 Å². The lowest BCUT2D eigenvalue weighted by Crippen LogP contribution is -2.37. The van der Waals surface area contributed by atoms with E-state index in [1.165, 1.54) is 148 Å². The number of hydrogen-bond acceptors (Lipinski definition) is 8. The fourth-order valence-electron chi connectivity index (χ4n) is 10.0. The fraction of sp³-hybridized carbons (Fsp3) is 0.643. The number of nitrogens with zero attached hydrogens (tertiary/aromatic N) is 1. The van der Waals surface area contributed by atoms with Crippen LogP contribution in [0.2, 0.25) is 0 Å². The second-order valence-corrected chi connectivity index (χ2v) is 27.3. The molecular formula is C84H140NO8P. The standard InChI is InChI=1S/C84H140NO8P/c1-6-8-10-12-14-16-18-20-22-24-26-28-30-32-34-36-37-38-39-40-41-42-43-44-45-46-47-49-50-52-54-56-58-60-62-64-66-68-70-72-74-76-83(86)90-80-82(81-92-94(88,89)91-79-78-85(3,4)5)93-84(87)77-75-73-71-69-67-65-63-61-59-57-55-53-51-48-35-33-31-29-27-25-23-21-19-17-15-13-11-9-7-2/h8-11,14-17,20-23,26-29,32-35,51,53,57,59,63,65,69,71,82H,6-7,12-13,18-19,24-25,30-31,36-50,52,54-56,58,60-62,64,66-68,70,72-81H2,1-5H3/b10-8-,11-9-,16-14-,17-15-,22-20-,23-21-,28-26-,29-27-,34-32-,35-33-,53-51-,59-57-,65-63-,71-69-. The van der Waals surface area contributed by atoms with Crippen molar-refractivity contribution in [3.8, 4) is 0 Å². The van der Waals surface area contributed by atoms with E-state index in [-0.39, 0.29) is 26.1 Å². The van der Waals surface area contributed by atoms with Gasteiger partial charge in [0.25, 0.3) is 7.82 Å². The number of phosphoric ester groups is 1. The molecule has 0 radical (unpaired) electrons. The van der Waals surface area contributed by atoms with E-state index in [2.05, 4.69) is 178 Å². The zero-order valence-corrected chi connectivity index (χ0v) is 61.7. The fourth-order valence-corrected chi connectivity index (χ4v) is 10.8. The van der Waals surface area contributed by atoms with Crippen molar-refractivity contribution in [1.29, 1.82) is 0 Å². The van der Waals surface area contributed by atoms with E-state index in [1.54, 1.807) is 0 Å². The summed E-state index contributed by atoms with van der Waals surface area (Å²) in [6.07, 6.45) is 110. The topological polar surface area (TPSA) is 111 Å². The molecule has 9 nitrogen and oxygen atoms in total. The summed E-state index contributed by atoms with van der Waals surface area (Å²) >= 11 is 0. The molecule has 0 saturated carbocycles. The Bertz CT molecular complexity index is 2200. The van der Waals surface area contributed by atoms with Crippen LogP contribution in [0.15, 0.2) is 170 Å². The van der Waals surface area contributed by atoms with Gasteiger partial charge in [-0.25, -0.2) is 0 Å². The van der Waals surface area contributed by atoms with E-state index < -0.39 is 32.5 Å². The number of phosphoric acid groups is 1. The van der Waals surface area contributed by atoms with Gasteiger partial charge in [0.05, 0.1) is 27.7 Å². The summed E-state index contributed by atoms with van der Waals surface area (Å²) in [6, 6.07) is 0. The Morgan fingerprint density at radius 1 is 0.330 bits per heavy atom. The molecule has 0 heterocycles. The first-order valence-electron chi connectivity index (χ1n) is 37.8. The van der Waals surface area contributed by atoms with Gasteiger partial charge in [0.1, 0.15) is 19.8 Å². The second-order valence-electron chi connectivity index (χ2n) is 25.9. The van der Waals surface area contributed by atoms with Crippen molar-refractivity contribution in [2.75, 3.05) is 47.5 Å². The van der Waals surface area contributed by atoms with Crippen LogP contribution in [0.25, 0.3) is 0 Å². The van der Waals surface area contributed by atoms with E-state index in [9.17, 15) is 19.0 Å². The van der Waals surface area contributed by atoms with Gasteiger partial charge in [-0.15, -0.1) is 0 Å². The summed E-state index contributed by atoms with van der Waals surface area (Å²) in [4.78, 5) is 38.1. The molecule has 2 unspecified atom stereocenters. The quantitative estimate of drug-likeness (QED) is 0.0195. The number of quaternary nitrogens is 1. The first-order valence-corrected chi connectivity index (χ1v) is 39.3. The van der Waals surface area contributed by atoms with Gasteiger partial charge in [0.15, 0.2) is 6.10 Å². The van der Waals surface area contributed by atoms with Gasteiger partial charge in [0, 0.05) is 12.8 Å². The maximum Gasteiger partial charge on any atom is 0.306 e. The first-order chi connectivity index (χ1) is 46.0. The molecule has 94 heavy (non-hydrogen) atoms. The number of rotatable bonds is 68. The Balaban J connectivity index is 4.05. The molecule has 0 amide bonds. The minimum absolute atomic E-state index is 0.0487. The number of hydrogen-bond donors (Lipinski definition) is 0. The minimum atomic E-state index is -4.67. The molecule has 0 aromatic carbocycles. The third kappa shape index (κ3) is 76.4. The van der Waals surface area contributed by atoms with Gasteiger partial charge in [-0.2, -0.15) is 0 Å². The van der Waals surface area contributed by atoms with Gasteiger partial charge < -0.3 is 27.9 Å². The Labute approximate surface area is 578 Å². The Hall–Kier alpha value is -4.63. The lowest BCUT2D eigenvalue weighted by molar-refractivity contribution is -0.870. The van der Waals surface area contributed by atoms with Gasteiger partial charge in [-0.3, -0.25) is 14.2 Å². The summed E-state index contributed by atoms with van der Waals surface area (Å²) in [7, 11) is 1.12. The predicted octanol–water partition coefficient (Wildman–Crippen LogP) is 24.6. The first kappa shape index (κ1) is 89.4. The number of carbonyl (C=O) groups excluding carboxylic acids is 2. The summed E-state index contributed by atoms with van der Waals surface area (Å²) in [6.45, 7) is 3.95. The van der Waals surface area contributed by atoms with Crippen molar-refractivity contribution >= 4 is 19.8 Å². The van der Waals surface area contributed by atoms with E-state index in [0.717, 1.165) is 109 Å². The highest BCUT2D eigenvalue weighted by Crippen LogP contribution is 2.38. The number of esters is 2. The van der Waals surface area contributed by atoms with Gasteiger partial charge in [-0.1, -0.05) is 332 Å². The second kappa shape index (κ2) is 72.6. The summed E-state index contributed by atoms with van der Waals surface area (Å²) in [5, 5.41) is 0. The highest BCUT2D eigenvalue weighted by atomic mass is 31.2. The van der Waals surface area contributed by atoms with Crippen LogP contribution in [0.1, 0.15) is 296 Å². The maximum absolute atomic E-state index is 12.8. The highest BCUT2D eigenvalue weighted by molar-refractivity contribution is 7.45. The Kier molecular flexibility index (Phi) is 69.1. The van der Waals surface area contributed by atoms with Crippen LogP contribution < -0.4 is 4.89 Å². The number of unbranched alkanes of at least 4 members (excludes halogenated alkanes) is 26. The average molecular weight is 1320 g/mol. The minimum Gasteiger partial charge on any atom is -0.756 e. The molecule has 10 heteroatoms. The van der Waals surface area contributed by atoms with E-state index in [1.807, 2.05) is 27.2 Å². The van der Waals surface area contributed by atoms with Gasteiger partial charge in [0.2, 0.25) is 0 Å². The van der Waals surface area contributed by atoms with Gasteiger partial charge >= 0.3 is 11.9 Å². The molecule has 0 rings (SSSR count). The summed E-state index contributed by atoms with van der Waals surface area (Å²) < 4.78 is 34.3. The Morgan fingerprint density at radius 3 is 0.883 bits per heavy atom. The van der Waals surface area contributed by atoms with Crippen LogP contribution in [0.5, 0.6) is 0 Å². The van der Waals surface area contributed by atoms with Crippen molar-refractivity contribution < 1.29 is 42.1 Å². The summed E-state index contributed by atoms with van der Waals surface area (Å²) in [5.74, 6) is -0.904. The average Bonchev–Trinajstić information content (AvgIpc) is 1.65. The molecular weight excluding hydrogens is 1180 g/mol. The third-order valence-electron chi connectivity index (χ3n) is 15.7. The van der Waals surface area contributed by atoms with Crippen LogP contribution in [-0.2, 0) is 32.7 Å². The van der Waals surface area contributed by atoms with E-state index in [4.69, 9.17) is 18.5 Å². The van der Waals surface area contributed by atoms with Crippen LogP contribution in [-0.4, -0.2) is 70.0 Å². The zero-order chi connectivity index (χ0) is 68.3. The van der Waals surface area contributed by atoms with Crippen LogP contribution in [0.3, 0.4) is 0 Å². The summed E-state index contributed by atoms with van der Waals surface area (Å²) in [5.41, 5.74) is 0. The van der Waals surface area contributed by atoms with Crippen molar-refractivity contribution in [3.05, 3.63) is 170 Å². The predicted molar refractivity (Wildman–Crippen MR) is 406 cm³/mol. The molecule has 0 spiro atoms. The smallest absolute Gasteiger partial charge is 0.306 e. The van der Waals surface area contributed by atoms with Crippen molar-refractivity contribution in [1.82, 2.24) is 0 Å². The molecule has 0 aromatic heterocycles. The maximum atomic E-state index is 12.8. The lowest BCUT2D eigenvalue weighted by Gasteiger charge is -2.28. The molecule has 0 saturated heterocycles. The zero-order valence-electron chi connectivity index (χ0n) is 60.8. The Morgan fingerprint density at radius 2 is 0.585 bits per heavy atom. The molecule has 2 atom stereocenters. The monoisotopic (exact) mass is 1320 g/mol. The van der Waals surface area contributed by atoms with Crippen molar-refractivity contribution in [3.63, 3.8) is 0 Å². The van der Waals surface area contributed by atoms with Crippen LogP contribution in [0.4, 0.5) is 0 Å². The van der Waals surface area contributed by atoms with Crippen LogP contribution in [0, 0.1) is 0 Å². The normalized spacial score (nSPS) is 14.1. The SMILES string of the molecule is CC/C=C\C/C=C\C/C=C\C/C=C\C/C=C\C/C=C\C/C=C\C/C=C\C/C=C\CCCC(=O)OC(COC(=O)CCCCCCCCCCCCCCCCCCCCCCCCCCC/C=C\C/C=C\C/C=C\C/C=C\C/C=C\CC)COP(=O)([O-])OCC[N+](C)(C)C. The van der Waals surface area contributed by atoms with Crippen LogP contribution >= 0.6 is 7.82 Å². The van der Waals surface area contributed by atoms with Gasteiger partial charge in [-0.05, 0) is 122 Å². The molecule has 0 N–H and O–H groups in total. The molecule has 534 valence electrons. The van der Waals surface area contributed by atoms with E-state index >= 15 is 0 Å².